The zero-order valence-corrected chi connectivity index (χ0v) is 15.8. The Balaban J connectivity index is 2.38. The van der Waals surface area contributed by atoms with Crippen molar-refractivity contribution in [3.8, 4) is 0 Å². The number of aliphatic hydroxyl groups excluding tert-OH is 1. The maximum absolute atomic E-state index is 13.0. The number of rotatable bonds is 14. The highest BCUT2D eigenvalue weighted by molar-refractivity contribution is 5.94. The van der Waals surface area contributed by atoms with Gasteiger partial charge >= 0.3 is 5.97 Å². The van der Waals surface area contributed by atoms with Gasteiger partial charge in [0.15, 0.2) is 12.0 Å². The van der Waals surface area contributed by atoms with Crippen molar-refractivity contribution >= 4 is 11.8 Å². The van der Waals surface area contributed by atoms with Crippen molar-refractivity contribution in [3.05, 3.63) is 24.3 Å². The summed E-state index contributed by atoms with van der Waals surface area (Å²) in [6.45, 7) is 2.28. The van der Waals surface area contributed by atoms with Crippen LogP contribution >= 0.6 is 0 Å². The van der Waals surface area contributed by atoms with Crippen LogP contribution in [0.1, 0.15) is 64.7 Å². The van der Waals surface area contributed by atoms with Gasteiger partial charge in [-0.3, -0.25) is 4.79 Å². The van der Waals surface area contributed by atoms with Crippen LogP contribution in [-0.2, 0) is 9.59 Å². The number of unbranched alkanes of at least 4 members (excludes halogenated alkanes) is 4. The number of aliphatic carboxylic acids is 1. The summed E-state index contributed by atoms with van der Waals surface area (Å²) in [5, 5.41) is 18.0. The van der Waals surface area contributed by atoms with E-state index in [-0.39, 0.29) is 36.6 Å². The van der Waals surface area contributed by atoms with E-state index >= 15 is 0 Å². The number of carboxylic acid groups (broad SMARTS) is 1. The molecular formula is C21H33FO4. The topological polar surface area (TPSA) is 74.6 Å². The number of allylic oxidation sites excluding steroid dienone is 3. The van der Waals surface area contributed by atoms with Gasteiger partial charge in [0.1, 0.15) is 0 Å². The molecule has 5 heteroatoms. The predicted molar refractivity (Wildman–Crippen MR) is 101 cm³/mol. The van der Waals surface area contributed by atoms with Crippen molar-refractivity contribution in [1.82, 2.24) is 0 Å². The smallest absolute Gasteiger partial charge is 0.338 e. The van der Waals surface area contributed by atoms with Crippen LogP contribution in [0.2, 0.25) is 0 Å². The largest absolute Gasteiger partial charge is 0.479 e. The Labute approximate surface area is 156 Å². The third-order valence-corrected chi connectivity index (χ3v) is 5.07. The second-order valence-electron chi connectivity index (χ2n) is 7.21. The van der Waals surface area contributed by atoms with Crippen LogP contribution in [0, 0.1) is 17.8 Å². The first-order valence-electron chi connectivity index (χ1n) is 9.87. The Morgan fingerprint density at radius 1 is 1.23 bits per heavy atom. The van der Waals surface area contributed by atoms with Gasteiger partial charge in [0.2, 0.25) is 0 Å². The van der Waals surface area contributed by atoms with Crippen LogP contribution in [-0.4, -0.2) is 34.7 Å². The van der Waals surface area contributed by atoms with Crippen LogP contribution in [0.15, 0.2) is 24.3 Å². The number of alkyl halides is 1. The summed E-state index contributed by atoms with van der Waals surface area (Å²) in [5.74, 6) is -1.15. The lowest BCUT2D eigenvalue weighted by Gasteiger charge is -2.16. The molecule has 148 valence electrons. The summed E-state index contributed by atoms with van der Waals surface area (Å²) >= 11 is 0. The molecule has 0 saturated carbocycles. The molecule has 0 fully saturated rings. The third-order valence-electron chi connectivity index (χ3n) is 5.07. The standard InChI is InChI=1S/C21H33FO4/c1-2-3-5-8-16(15-23)11-12-17-13-14-20(24)18(17)9-6-4-7-10-19(22)21(25)26/h11-14,16-19,23H,2-10,15H2,1H3,(H,25,26)/b12-11+/t16?,17-,18+,19?/m0/s1. The minimum atomic E-state index is -1.79. The summed E-state index contributed by atoms with van der Waals surface area (Å²) in [7, 11) is 0. The van der Waals surface area contributed by atoms with E-state index in [0.29, 0.717) is 6.42 Å². The van der Waals surface area contributed by atoms with E-state index in [1.165, 1.54) is 0 Å². The molecule has 0 spiro atoms. The lowest BCUT2D eigenvalue weighted by molar-refractivity contribution is -0.143. The van der Waals surface area contributed by atoms with E-state index in [4.69, 9.17) is 5.11 Å². The molecule has 4 nitrogen and oxygen atoms in total. The van der Waals surface area contributed by atoms with Crippen molar-refractivity contribution in [2.75, 3.05) is 6.61 Å². The Morgan fingerprint density at radius 3 is 2.62 bits per heavy atom. The number of halogens is 1. The number of carbonyl (C=O) groups excluding carboxylic acids is 1. The van der Waals surface area contributed by atoms with Crippen LogP contribution in [0.4, 0.5) is 4.39 Å². The number of carbonyl (C=O) groups is 2. The second kappa shape index (κ2) is 12.8. The molecule has 0 aromatic heterocycles. The maximum atomic E-state index is 13.0. The Morgan fingerprint density at radius 2 is 1.96 bits per heavy atom. The zero-order chi connectivity index (χ0) is 19.4. The first-order chi connectivity index (χ1) is 12.5. The van der Waals surface area contributed by atoms with Gasteiger partial charge in [0, 0.05) is 18.4 Å². The Hall–Kier alpha value is -1.49. The monoisotopic (exact) mass is 368 g/mol. The lowest BCUT2D eigenvalue weighted by atomic mass is 9.88. The van der Waals surface area contributed by atoms with Crippen molar-refractivity contribution in [2.45, 2.75) is 70.9 Å². The van der Waals surface area contributed by atoms with Crippen molar-refractivity contribution in [2.24, 2.45) is 17.8 Å². The van der Waals surface area contributed by atoms with Crippen LogP contribution < -0.4 is 0 Å². The van der Waals surface area contributed by atoms with Crippen LogP contribution in [0.5, 0.6) is 0 Å². The van der Waals surface area contributed by atoms with Gasteiger partial charge in [-0.05, 0) is 37.7 Å². The van der Waals surface area contributed by atoms with Crippen LogP contribution in [0.25, 0.3) is 0 Å². The fourth-order valence-corrected chi connectivity index (χ4v) is 3.36. The van der Waals surface area contributed by atoms with E-state index in [9.17, 15) is 19.1 Å². The normalized spacial score (nSPS) is 22.2. The second-order valence-corrected chi connectivity index (χ2v) is 7.21. The van der Waals surface area contributed by atoms with Gasteiger partial charge < -0.3 is 10.2 Å². The molecular weight excluding hydrogens is 335 g/mol. The number of hydrogen-bond acceptors (Lipinski definition) is 3. The molecule has 0 aliphatic heterocycles. The zero-order valence-electron chi connectivity index (χ0n) is 15.8. The van der Waals surface area contributed by atoms with E-state index in [0.717, 1.165) is 44.9 Å². The summed E-state index contributed by atoms with van der Waals surface area (Å²) in [6.07, 6.45) is 13.0. The minimum Gasteiger partial charge on any atom is -0.479 e. The van der Waals surface area contributed by atoms with E-state index in [2.05, 4.69) is 6.92 Å². The molecule has 0 amide bonds. The van der Waals surface area contributed by atoms with E-state index in [1.807, 2.05) is 18.2 Å². The van der Waals surface area contributed by atoms with Gasteiger partial charge in [-0.15, -0.1) is 0 Å². The van der Waals surface area contributed by atoms with Crippen molar-refractivity contribution < 1.29 is 24.2 Å². The fraction of sp³-hybridized carbons (Fsp3) is 0.714. The molecule has 26 heavy (non-hydrogen) atoms. The number of aliphatic hydroxyl groups is 1. The van der Waals surface area contributed by atoms with Gasteiger partial charge in [0.25, 0.3) is 0 Å². The van der Waals surface area contributed by atoms with Crippen molar-refractivity contribution in [3.63, 3.8) is 0 Å². The Kier molecular flexibility index (Phi) is 11.1. The van der Waals surface area contributed by atoms with Gasteiger partial charge in [-0.1, -0.05) is 57.3 Å². The highest BCUT2D eigenvalue weighted by atomic mass is 19.1. The fourth-order valence-electron chi connectivity index (χ4n) is 3.36. The third kappa shape index (κ3) is 8.26. The molecule has 0 saturated heterocycles. The molecule has 1 aliphatic carbocycles. The lowest BCUT2D eigenvalue weighted by Crippen LogP contribution is -2.15. The summed E-state index contributed by atoms with van der Waals surface area (Å²) in [5.41, 5.74) is 0. The molecule has 0 bridgehead atoms. The number of hydrogen-bond donors (Lipinski definition) is 2. The molecule has 1 aliphatic rings. The Bertz CT molecular complexity index is 486. The molecule has 2 unspecified atom stereocenters. The highest BCUT2D eigenvalue weighted by Gasteiger charge is 2.27. The predicted octanol–water partition coefficient (Wildman–Crippen LogP) is 4.48. The first-order valence-corrected chi connectivity index (χ1v) is 9.87. The van der Waals surface area contributed by atoms with E-state index in [1.54, 1.807) is 6.08 Å². The van der Waals surface area contributed by atoms with Gasteiger partial charge in [0.05, 0.1) is 0 Å². The van der Waals surface area contributed by atoms with Gasteiger partial charge in [-0.2, -0.15) is 0 Å². The molecule has 4 atom stereocenters. The molecule has 0 aromatic rings. The molecule has 0 heterocycles. The quantitative estimate of drug-likeness (QED) is 0.350. The maximum Gasteiger partial charge on any atom is 0.338 e. The van der Waals surface area contributed by atoms with Crippen molar-refractivity contribution in [1.29, 1.82) is 0 Å². The van der Waals surface area contributed by atoms with E-state index < -0.39 is 12.1 Å². The first kappa shape index (κ1) is 22.6. The molecule has 1 rings (SSSR count). The molecule has 2 N–H and O–H groups in total. The minimum absolute atomic E-state index is 0.0332. The summed E-state index contributed by atoms with van der Waals surface area (Å²) < 4.78 is 13.0. The van der Waals surface area contributed by atoms with Crippen LogP contribution in [0.3, 0.4) is 0 Å². The molecule has 0 aromatic carbocycles. The number of ketones is 1. The summed E-state index contributed by atoms with van der Waals surface area (Å²) in [6, 6.07) is 0. The number of carboxylic acids is 1. The average molecular weight is 368 g/mol. The SMILES string of the molecule is CCCCCC(/C=C/[C@H]1C=CC(=O)[C@@H]1CCCCCC(F)C(=O)O)CO. The summed E-state index contributed by atoms with van der Waals surface area (Å²) in [4.78, 5) is 22.5. The van der Waals surface area contributed by atoms with Gasteiger partial charge in [-0.25, -0.2) is 9.18 Å². The molecule has 0 radical (unpaired) electrons. The average Bonchev–Trinajstić information content (AvgIpc) is 2.97. The highest BCUT2D eigenvalue weighted by Crippen LogP contribution is 2.29.